The van der Waals surface area contributed by atoms with Gasteiger partial charge in [0.15, 0.2) is 0 Å². The van der Waals surface area contributed by atoms with Crippen molar-refractivity contribution in [3.8, 4) is 0 Å². The summed E-state index contributed by atoms with van der Waals surface area (Å²) in [6.07, 6.45) is 3.27. The lowest BCUT2D eigenvalue weighted by Crippen LogP contribution is -2.35. The molecule has 6 nitrogen and oxygen atoms in total. The number of hydrogen-bond acceptors (Lipinski definition) is 4. The maximum Gasteiger partial charge on any atom is 0.251 e. The summed E-state index contributed by atoms with van der Waals surface area (Å²) >= 11 is 5.89. The molecule has 0 unspecified atom stereocenters. The summed E-state index contributed by atoms with van der Waals surface area (Å²) in [7, 11) is -3.33. The molecule has 0 fully saturated rings. The summed E-state index contributed by atoms with van der Waals surface area (Å²) in [5, 5.41) is 13.2. The lowest BCUT2D eigenvalue weighted by atomic mass is 9.99. The van der Waals surface area contributed by atoms with Gasteiger partial charge in [0, 0.05) is 36.2 Å². The van der Waals surface area contributed by atoms with Gasteiger partial charge in [-0.25, -0.2) is 8.42 Å². The second-order valence-corrected chi connectivity index (χ2v) is 9.71. The Morgan fingerprint density at radius 2 is 1.97 bits per heavy atom. The predicted molar refractivity (Wildman–Crippen MR) is 115 cm³/mol. The van der Waals surface area contributed by atoms with Crippen molar-refractivity contribution in [1.29, 1.82) is 0 Å². The molecule has 1 heterocycles. The first-order chi connectivity index (χ1) is 13.8. The van der Waals surface area contributed by atoms with Gasteiger partial charge in [-0.1, -0.05) is 23.7 Å². The van der Waals surface area contributed by atoms with Crippen LogP contribution in [0, 0.1) is 5.92 Å². The van der Waals surface area contributed by atoms with Crippen molar-refractivity contribution in [3.05, 3.63) is 64.2 Å². The highest BCUT2D eigenvalue weighted by Gasteiger charge is 2.24. The molecule has 1 aliphatic heterocycles. The van der Waals surface area contributed by atoms with E-state index < -0.39 is 10.0 Å². The maximum atomic E-state index is 12.6. The minimum absolute atomic E-state index is 0.0452. The molecule has 1 aliphatic rings. The molecule has 0 aliphatic carbocycles. The predicted octanol–water partition coefficient (Wildman–Crippen LogP) is 2.63. The Kier molecular flexibility index (Phi) is 6.82. The average molecular weight is 437 g/mol. The van der Waals surface area contributed by atoms with E-state index in [9.17, 15) is 18.3 Å². The van der Waals surface area contributed by atoms with E-state index >= 15 is 0 Å². The zero-order valence-electron chi connectivity index (χ0n) is 16.3. The quantitative estimate of drug-likeness (QED) is 0.698. The van der Waals surface area contributed by atoms with Crippen LogP contribution in [0.15, 0.2) is 42.5 Å². The SMILES string of the molecule is CS(=O)(=O)N1CCCc2cc(C(=O)NC[C@H](CO)Cc3ccc(Cl)cc3)ccc21. The maximum absolute atomic E-state index is 12.6. The first kappa shape index (κ1) is 21.6. The summed E-state index contributed by atoms with van der Waals surface area (Å²) in [6, 6.07) is 12.5. The molecular weight excluding hydrogens is 412 g/mol. The fraction of sp³-hybridized carbons (Fsp3) is 0.381. The van der Waals surface area contributed by atoms with Crippen LogP contribution in [-0.2, 0) is 22.9 Å². The minimum atomic E-state index is -3.33. The summed E-state index contributed by atoms with van der Waals surface area (Å²) in [4.78, 5) is 12.6. The summed E-state index contributed by atoms with van der Waals surface area (Å²) in [6.45, 7) is 0.751. The van der Waals surface area contributed by atoms with Gasteiger partial charge in [0.1, 0.15) is 0 Å². The van der Waals surface area contributed by atoms with E-state index in [-0.39, 0.29) is 18.4 Å². The molecule has 2 N–H and O–H groups in total. The Morgan fingerprint density at radius 3 is 2.62 bits per heavy atom. The normalized spacial score (nSPS) is 14.9. The number of aliphatic hydroxyl groups is 1. The van der Waals surface area contributed by atoms with E-state index in [0.29, 0.717) is 35.8 Å². The molecule has 29 heavy (non-hydrogen) atoms. The molecule has 0 saturated heterocycles. The van der Waals surface area contributed by atoms with Gasteiger partial charge in [-0.3, -0.25) is 9.10 Å². The van der Waals surface area contributed by atoms with E-state index in [1.54, 1.807) is 30.3 Å². The van der Waals surface area contributed by atoms with Crippen LogP contribution in [0.5, 0.6) is 0 Å². The number of halogens is 1. The third kappa shape index (κ3) is 5.50. The lowest BCUT2D eigenvalue weighted by molar-refractivity contribution is 0.0940. The molecule has 0 spiro atoms. The van der Waals surface area contributed by atoms with Crippen LogP contribution < -0.4 is 9.62 Å². The Hall–Kier alpha value is -2.09. The van der Waals surface area contributed by atoms with Crippen molar-refractivity contribution in [3.63, 3.8) is 0 Å². The number of benzene rings is 2. The van der Waals surface area contributed by atoms with Crippen LogP contribution in [0.1, 0.15) is 27.9 Å². The van der Waals surface area contributed by atoms with Crippen LogP contribution >= 0.6 is 11.6 Å². The van der Waals surface area contributed by atoms with E-state index in [1.165, 1.54) is 10.6 Å². The molecule has 1 atom stereocenters. The van der Waals surface area contributed by atoms with Gasteiger partial charge >= 0.3 is 0 Å². The van der Waals surface area contributed by atoms with E-state index in [1.807, 2.05) is 12.1 Å². The zero-order valence-corrected chi connectivity index (χ0v) is 17.8. The number of carbonyl (C=O) groups is 1. The fourth-order valence-electron chi connectivity index (χ4n) is 3.54. The number of amides is 1. The average Bonchev–Trinajstić information content (AvgIpc) is 2.70. The van der Waals surface area contributed by atoms with Gasteiger partial charge in [0.25, 0.3) is 5.91 Å². The number of fused-ring (bicyclic) bond motifs is 1. The molecule has 0 bridgehead atoms. The first-order valence-corrected chi connectivity index (χ1v) is 11.7. The van der Waals surface area contributed by atoms with E-state index in [2.05, 4.69) is 5.32 Å². The Morgan fingerprint density at radius 1 is 1.24 bits per heavy atom. The van der Waals surface area contributed by atoms with Crippen LogP contribution in [0.2, 0.25) is 5.02 Å². The second-order valence-electron chi connectivity index (χ2n) is 7.37. The number of hydrogen-bond donors (Lipinski definition) is 2. The molecule has 0 radical (unpaired) electrons. The summed E-state index contributed by atoms with van der Waals surface area (Å²) in [5.74, 6) is -0.350. The number of rotatable bonds is 7. The lowest BCUT2D eigenvalue weighted by Gasteiger charge is -2.29. The number of aliphatic hydroxyl groups excluding tert-OH is 1. The van der Waals surface area contributed by atoms with Crippen molar-refractivity contribution in [1.82, 2.24) is 5.32 Å². The van der Waals surface area contributed by atoms with E-state index in [0.717, 1.165) is 24.0 Å². The summed E-state index contributed by atoms with van der Waals surface area (Å²) < 4.78 is 25.3. The Bertz CT molecular complexity index is 977. The number of nitrogens with zero attached hydrogens (tertiary/aromatic N) is 1. The van der Waals surface area contributed by atoms with Crippen molar-refractivity contribution in [2.24, 2.45) is 5.92 Å². The monoisotopic (exact) mass is 436 g/mol. The van der Waals surface area contributed by atoms with Crippen molar-refractivity contribution < 1.29 is 18.3 Å². The molecule has 3 rings (SSSR count). The van der Waals surface area contributed by atoms with E-state index in [4.69, 9.17) is 11.6 Å². The van der Waals surface area contributed by atoms with Crippen LogP contribution in [-0.4, -0.2) is 45.4 Å². The highest BCUT2D eigenvalue weighted by molar-refractivity contribution is 7.92. The largest absolute Gasteiger partial charge is 0.396 e. The molecule has 0 saturated carbocycles. The molecule has 2 aromatic rings. The minimum Gasteiger partial charge on any atom is -0.396 e. The van der Waals surface area contributed by atoms with Gasteiger partial charge in [-0.05, 0) is 60.7 Å². The van der Waals surface area contributed by atoms with Gasteiger partial charge in [0.05, 0.1) is 11.9 Å². The standard InChI is InChI=1S/C21H25ClN2O4S/c1-29(27,28)24-10-2-3-17-12-18(6-9-20(17)24)21(26)23-13-16(14-25)11-15-4-7-19(22)8-5-15/h4-9,12,16,25H,2-3,10-11,13-14H2,1H3,(H,23,26)/t16-/m1/s1. The van der Waals surface area contributed by atoms with Crippen molar-refractivity contribution in [2.45, 2.75) is 19.3 Å². The third-order valence-corrected chi connectivity index (χ3v) is 6.50. The van der Waals surface area contributed by atoms with Gasteiger partial charge < -0.3 is 10.4 Å². The number of nitrogens with one attached hydrogen (secondary N) is 1. The second kappa shape index (κ2) is 9.15. The molecule has 1 amide bonds. The number of sulfonamides is 1. The van der Waals surface area contributed by atoms with Crippen molar-refractivity contribution in [2.75, 3.05) is 30.3 Å². The van der Waals surface area contributed by atoms with Crippen LogP contribution in [0.3, 0.4) is 0 Å². The first-order valence-electron chi connectivity index (χ1n) is 9.52. The molecule has 0 aromatic heterocycles. The molecule has 156 valence electrons. The van der Waals surface area contributed by atoms with Gasteiger partial charge in [0.2, 0.25) is 10.0 Å². The van der Waals surface area contributed by atoms with Crippen LogP contribution in [0.4, 0.5) is 5.69 Å². The molecular formula is C21H25ClN2O4S. The Labute approximate surface area is 176 Å². The molecule has 2 aromatic carbocycles. The Balaban J connectivity index is 1.65. The van der Waals surface area contributed by atoms with Gasteiger partial charge in [-0.15, -0.1) is 0 Å². The van der Waals surface area contributed by atoms with Crippen molar-refractivity contribution >= 4 is 33.2 Å². The number of aryl methyl sites for hydroxylation is 1. The van der Waals surface area contributed by atoms with Crippen LogP contribution in [0.25, 0.3) is 0 Å². The smallest absolute Gasteiger partial charge is 0.251 e. The topological polar surface area (TPSA) is 86.7 Å². The molecule has 8 heteroatoms. The zero-order chi connectivity index (χ0) is 21.0. The fourth-order valence-corrected chi connectivity index (χ4v) is 4.66. The third-order valence-electron chi connectivity index (χ3n) is 5.07. The number of carbonyl (C=O) groups excluding carboxylic acids is 1. The van der Waals surface area contributed by atoms with Gasteiger partial charge in [-0.2, -0.15) is 0 Å². The highest BCUT2D eigenvalue weighted by Crippen LogP contribution is 2.29. The highest BCUT2D eigenvalue weighted by atomic mass is 35.5. The summed E-state index contributed by atoms with van der Waals surface area (Å²) in [5.41, 5.74) is 3.03. The number of anilines is 1.